The molecule has 238 valence electrons. The molecule has 3 aliphatic rings. The van der Waals surface area contributed by atoms with Crippen LogP contribution in [0.1, 0.15) is 24.5 Å². The third-order valence-electron chi connectivity index (χ3n) is 8.94. The van der Waals surface area contributed by atoms with E-state index in [0.29, 0.717) is 18.5 Å². The minimum absolute atomic E-state index is 0.0253. The molecule has 1 spiro atoms. The Hall–Kier alpha value is -4.88. The zero-order chi connectivity index (χ0) is 32.6. The van der Waals surface area contributed by atoms with Crippen LogP contribution in [0.15, 0.2) is 102 Å². The number of benzene rings is 3. The van der Waals surface area contributed by atoms with Crippen LogP contribution >= 0.6 is 0 Å². The Morgan fingerprint density at radius 3 is 2.20 bits per heavy atom. The van der Waals surface area contributed by atoms with Crippen LogP contribution in [0, 0.1) is 22.0 Å². The van der Waals surface area contributed by atoms with E-state index in [2.05, 4.69) is 10.6 Å². The monoisotopic (exact) mass is 643 g/mol. The van der Waals surface area contributed by atoms with Gasteiger partial charge in [0.1, 0.15) is 6.04 Å². The van der Waals surface area contributed by atoms with Gasteiger partial charge >= 0.3 is 0 Å². The molecule has 0 aliphatic carbocycles. The van der Waals surface area contributed by atoms with Crippen LogP contribution in [0.25, 0.3) is 0 Å². The lowest BCUT2D eigenvalue weighted by molar-refractivity contribution is -0.387. The van der Waals surface area contributed by atoms with Crippen molar-refractivity contribution in [3.8, 4) is 0 Å². The second kappa shape index (κ2) is 12.1. The van der Waals surface area contributed by atoms with Gasteiger partial charge in [-0.25, -0.2) is 8.42 Å². The second-order valence-corrected chi connectivity index (χ2v) is 13.4. The van der Waals surface area contributed by atoms with Crippen molar-refractivity contribution < 1.29 is 27.7 Å². The minimum atomic E-state index is -4.76. The molecule has 2 fully saturated rings. The number of hydrogen-bond acceptors (Lipinski definition) is 7. The average molecular weight is 644 g/mol. The highest BCUT2D eigenvalue weighted by Crippen LogP contribution is 2.59. The van der Waals surface area contributed by atoms with Gasteiger partial charge in [-0.1, -0.05) is 91.9 Å². The molecule has 6 rings (SSSR count). The van der Waals surface area contributed by atoms with Gasteiger partial charge in [-0.05, 0) is 23.6 Å². The maximum absolute atomic E-state index is 14.6. The smallest absolute Gasteiger partial charge is 0.289 e. The summed E-state index contributed by atoms with van der Waals surface area (Å²) in [7, 11) is -4.76. The first-order valence-electron chi connectivity index (χ1n) is 15.0. The highest BCUT2D eigenvalue weighted by Gasteiger charge is 2.77. The first kappa shape index (κ1) is 31.1. The van der Waals surface area contributed by atoms with Crippen molar-refractivity contribution in [2.45, 2.75) is 49.0 Å². The van der Waals surface area contributed by atoms with E-state index in [1.807, 2.05) is 43.3 Å². The van der Waals surface area contributed by atoms with Crippen LogP contribution in [0.4, 0.5) is 5.69 Å². The fraction of sp³-hybridized carbons (Fsp3) is 0.303. The Morgan fingerprint density at radius 1 is 0.913 bits per heavy atom. The topological polar surface area (TPSA) is 159 Å². The van der Waals surface area contributed by atoms with Crippen LogP contribution in [-0.4, -0.2) is 64.4 Å². The molecule has 0 radical (unpaired) electrons. The molecular formula is C33H33N5O7S. The first-order valence-corrected chi connectivity index (χ1v) is 16.5. The molecule has 0 aromatic heterocycles. The number of nitrogens with zero attached hydrogens (tertiary/aromatic N) is 3. The lowest BCUT2D eigenvalue weighted by Gasteiger charge is -2.38. The van der Waals surface area contributed by atoms with Crippen LogP contribution in [-0.2, 0) is 37.5 Å². The van der Waals surface area contributed by atoms with Gasteiger partial charge in [0.25, 0.3) is 15.7 Å². The fourth-order valence-electron chi connectivity index (χ4n) is 7.10. The normalized spacial score (nSPS) is 25.0. The summed E-state index contributed by atoms with van der Waals surface area (Å²) in [5, 5.41) is 17.7. The number of sulfonamides is 1. The number of amides is 3. The number of hydrogen-bond donors (Lipinski definition) is 2. The molecular weight excluding hydrogens is 610 g/mol. The second-order valence-electron chi connectivity index (χ2n) is 11.6. The third-order valence-corrected chi connectivity index (χ3v) is 10.9. The SMILES string of the molecule is CCCNC(=O)[C@H]1[C@@H]2C=C[C@@]3([C@H](C(=O)NCc4ccccc4)N(Cc4ccccc4)C(=O)[C@@H]13)N2S(=O)(=O)c1ccccc1[N+](=O)[O-]. The number of likely N-dealkylation sites (tertiary alicyclic amines) is 1. The van der Waals surface area contributed by atoms with E-state index in [0.717, 1.165) is 22.0 Å². The van der Waals surface area contributed by atoms with Crippen molar-refractivity contribution in [3.05, 3.63) is 118 Å². The molecule has 3 aromatic rings. The predicted molar refractivity (Wildman–Crippen MR) is 167 cm³/mol. The lowest BCUT2D eigenvalue weighted by Crippen LogP contribution is -2.61. The number of fused-ring (bicyclic) bond motifs is 1. The average Bonchev–Trinajstić information content (AvgIpc) is 3.67. The minimum Gasteiger partial charge on any atom is -0.356 e. The van der Waals surface area contributed by atoms with Crippen molar-refractivity contribution >= 4 is 33.4 Å². The van der Waals surface area contributed by atoms with E-state index < -0.39 is 72.7 Å². The van der Waals surface area contributed by atoms with Gasteiger partial charge in [0.15, 0.2) is 4.90 Å². The molecule has 2 bridgehead atoms. The summed E-state index contributed by atoms with van der Waals surface area (Å²) in [6.07, 6.45) is 3.68. The van der Waals surface area contributed by atoms with E-state index >= 15 is 0 Å². The van der Waals surface area contributed by atoms with Crippen molar-refractivity contribution in [2.24, 2.45) is 11.8 Å². The van der Waals surface area contributed by atoms with Crippen LogP contribution in [0.3, 0.4) is 0 Å². The van der Waals surface area contributed by atoms with E-state index in [1.54, 1.807) is 24.3 Å². The Labute approximate surface area is 266 Å². The Bertz CT molecular complexity index is 1820. The zero-order valence-corrected chi connectivity index (χ0v) is 25.8. The molecule has 3 heterocycles. The predicted octanol–water partition coefficient (Wildman–Crippen LogP) is 2.76. The summed E-state index contributed by atoms with van der Waals surface area (Å²) >= 11 is 0. The van der Waals surface area contributed by atoms with Gasteiger partial charge in [0, 0.05) is 25.7 Å². The molecule has 46 heavy (non-hydrogen) atoms. The number of nitro benzene ring substituents is 1. The highest BCUT2D eigenvalue weighted by molar-refractivity contribution is 7.89. The largest absolute Gasteiger partial charge is 0.356 e. The number of rotatable bonds is 11. The summed E-state index contributed by atoms with van der Waals surface area (Å²) < 4.78 is 30.3. The molecule has 3 aromatic carbocycles. The lowest BCUT2D eigenvalue weighted by atomic mass is 9.73. The van der Waals surface area contributed by atoms with Gasteiger partial charge in [-0.15, -0.1) is 0 Å². The summed E-state index contributed by atoms with van der Waals surface area (Å²) in [5.41, 5.74) is -0.999. The molecule has 0 saturated carbocycles. The standard InChI is InChI=1S/C33H33N5O7S/c1-2-19-34-30(39)27-25-17-18-33(37(25)46(44,45)26-16-10-9-15-24(26)38(42)43)28(27)32(41)36(21-23-13-7-4-8-14-23)29(33)31(40)35-20-22-11-5-3-6-12-22/h3-18,25,27-29H,2,19-21H2,1H3,(H,34,39)(H,35,40)/t25-,27-,28+,29-,33+/m0/s1. The maximum atomic E-state index is 14.6. The molecule has 13 heteroatoms. The number of para-hydroxylation sites is 1. The van der Waals surface area contributed by atoms with E-state index in [9.17, 15) is 32.9 Å². The van der Waals surface area contributed by atoms with Crippen LogP contribution in [0.2, 0.25) is 0 Å². The van der Waals surface area contributed by atoms with E-state index in [-0.39, 0.29) is 13.1 Å². The van der Waals surface area contributed by atoms with Crippen LogP contribution in [0.5, 0.6) is 0 Å². The van der Waals surface area contributed by atoms with E-state index in [4.69, 9.17) is 0 Å². The Balaban J connectivity index is 1.52. The van der Waals surface area contributed by atoms with E-state index in [1.165, 1.54) is 29.2 Å². The number of carbonyl (C=O) groups excluding carboxylic acids is 3. The summed E-state index contributed by atoms with van der Waals surface area (Å²) in [6.45, 7) is 2.24. The Morgan fingerprint density at radius 2 is 1.54 bits per heavy atom. The molecule has 2 N–H and O–H groups in total. The van der Waals surface area contributed by atoms with Crippen molar-refractivity contribution in [1.82, 2.24) is 19.8 Å². The van der Waals surface area contributed by atoms with Gasteiger partial charge in [0.05, 0.1) is 28.3 Å². The van der Waals surface area contributed by atoms with Gasteiger partial charge in [-0.3, -0.25) is 24.5 Å². The maximum Gasteiger partial charge on any atom is 0.289 e. The van der Waals surface area contributed by atoms with Crippen molar-refractivity contribution in [3.63, 3.8) is 0 Å². The molecule has 0 unspecified atom stereocenters. The number of nitrogens with one attached hydrogen (secondary N) is 2. The third kappa shape index (κ3) is 4.95. The quantitative estimate of drug-likeness (QED) is 0.185. The van der Waals surface area contributed by atoms with Gasteiger partial charge in [-0.2, -0.15) is 4.31 Å². The zero-order valence-electron chi connectivity index (χ0n) is 25.0. The van der Waals surface area contributed by atoms with Crippen molar-refractivity contribution in [1.29, 1.82) is 0 Å². The van der Waals surface area contributed by atoms with Crippen molar-refractivity contribution in [2.75, 3.05) is 6.54 Å². The Kier molecular flexibility index (Phi) is 8.21. The van der Waals surface area contributed by atoms with Gasteiger partial charge in [0.2, 0.25) is 17.7 Å². The summed E-state index contributed by atoms with van der Waals surface area (Å²) in [6, 6.07) is 20.5. The number of nitro groups is 1. The molecule has 5 atom stereocenters. The highest BCUT2D eigenvalue weighted by atomic mass is 32.2. The fourth-order valence-corrected chi connectivity index (χ4v) is 9.18. The van der Waals surface area contributed by atoms with Crippen LogP contribution < -0.4 is 10.6 Å². The summed E-state index contributed by atoms with van der Waals surface area (Å²) in [4.78, 5) is 54.6. The molecule has 3 amide bonds. The van der Waals surface area contributed by atoms with Gasteiger partial charge < -0.3 is 15.5 Å². The molecule has 2 saturated heterocycles. The number of carbonyl (C=O) groups is 3. The molecule has 3 aliphatic heterocycles. The summed E-state index contributed by atoms with van der Waals surface area (Å²) in [5.74, 6) is -4.11. The molecule has 12 nitrogen and oxygen atoms in total. The first-order chi connectivity index (χ1) is 22.1.